The molecule has 3 atom stereocenters. The first kappa shape index (κ1) is 28.8. The van der Waals surface area contributed by atoms with Crippen LogP contribution in [0.5, 0.6) is 0 Å². The third-order valence-electron chi connectivity index (χ3n) is 6.55. The van der Waals surface area contributed by atoms with E-state index < -0.39 is 12.3 Å². The van der Waals surface area contributed by atoms with Gasteiger partial charge in [-0.3, -0.25) is 9.59 Å². The highest BCUT2D eigenvalue weighted by Gasteiger charge is 2.32. The van der Waals surface area contributed by atoms with Crippen molar-refractivity contribution in [2.24, 2.45) is 7.05 Å². The van der Waals surface area contributed by atoms with Gasteiger partial charge in [-0.05, 0) is 36.1 Å². The number of aliphatic hydroxyl groups is 1. The summed E-state index contributed by atoms with van der Waals surface area (Å²) >= 11 is 1.64. The largest absolute Gasteiger partial charge is 0.481 e. The van der Waals surface area contributed by atoms with Gasteiger partial charge in [-0.15, -0.1) is 0 Å². The molecule has 0 bridgehead atoms. The van der Waals surface area contributed by atoms with E-state index in [1.807, 2.05) is 66.3 Å². The predicted octanol–water partition coefficient (Wildman–Crippen LogP) is 5.22. The number of nitrogens with zero attached hydrogens (tertiary/aromatic N) is 2. The fraction of sp³-hybridized carbons (Fsp3) is 0.414. The van der Waals surface area contributed by atoms with Crippen LogP contribution in [0.3, 0.4) is 0 Å². The highest BCUT2D eigenvalue weighted by molar-refractivity contribution is 7.99. The number of unbranched alkanes of at least 4 members (excludes halogenated alkanes) is 2. The predicted molar refractivity (Wildman–Crippen MR) is 148 cm³/mol. The molecule has 208 valence electrons. The SMILES string of the molecule is Cn1ccnc1SCC1CC(c2ccc(CO)cc2)OC(c2ccc(NC(=O)CCCCCC(=O)O)cc2)O1. The van der Waals surface area contributed by atoms with Crippen molar-refractivity contribution in [1.82, 2.24) is 9.55 Å². The van der Waals surface area contributed by atoms with E-state index in [1.54, 1.807) is 18.0 Å². The molecule has 9 nitrogen and oxygen atoms in total. The molecule has 3 aromatic rings. The van der Waals surface area contributed by atoms with E-state index in [-0.39, 0.29) is 31.1 Å². The van der Waals surface area contributed by atoms with Crippen LogP contribution in [0.15, 0.2) is 66.1 Å². The number of carboxylic acids is 1. The molecule has 2 heterocycles. The molecule has 3 N–H and O–H groups in total. The first-order valence-corrected chi connectivity index (χ1v) is 14.1. The van der Waals surface area contributed by atoms with E-state index in [2.05, 4.69) is 10.3 Å². The van der Waals surface area contributed by atoms with Crippen molar-refractivity contribution < 1.29 is 29.3 Å². The van der Waals surface area contributed by atoms with Crippen molar-refractivity contribution in [2.75, 3.05) is 11.1 Å². The van der Waals surface area contributed by atoms with Gasteiger partial charge in [0.25, 0.3) is 0 Å². The molecular formula is C29H35N3O6S. The molecule has 39 heavy (non-hydrogen) atoms. The zero-order valence-corrected chi connectivity index (χ0v) is 22.8. The number of carbonyl (C=O) groups excluding carboxylic acids is 1. The van der Waals surface area contributed by atoms with Crippen molar-refractivity contribution in [2.45, 2.75) is 68.8 Å². The number of aliphatic hydroxyl groups excluding tert-OH is 1. The van der Waals surface area contributed by atoms with E-state index in [0.29, 0.717) is 37.8 Å². The highest BCUT2D eigenvalue weighted by atomic mass is 32.2. The van der Waals surface area contributed by atoms with Crippen molar-refractivity contribution in [3.63, 3.8) is 0 Å². The van der Waals surface area contributed by atoms with Crippen LogP contribution in [-0.2, 0) is 32.7 Å². The van der Waals surface area contributed by atoms with Gasteiger partial charge in [0.05, 0.1) is 18.8 Å². The van der Waals surface area contributed by atoms with Gasteiger partial charge in [-0.25, -0.2) is 4.98 Å². The number of anilines is 1. The Morgan fingerprint density at radius 2 is 1.74 bits per heavy atom. The molecule has 0 radical (unpaired) electrons. The summed E-state index contributed by atoms with van der Waals surface area (Å²) in [5.41, 5.74) is 3.41. The molecule has 10 heteroatoms. The Morgan fingerprint density at radius 1 is 1.03 bits per heavy atom. The number of carbonyl (C=O) groups is 2. The Bertz CT molecular complexity index is 1210. The minimum Gasteiger partial charge on any atom is -0.481 e. The van der Waals surface area contributed by atoms with Crippen LogP contribution >= 0.6 is 11.8 Å². The van der Waals surface area contributed by atoms with Gasteiger partial charge in [-0.1, -0.05) is 54.6 Å². The molecule has 0 aliphatic carbocycles. The number of carboxylic acid groups (broad SMARTS) is 1. The third-order valence-corrected chi connectivity index (χ3v) is 7.74. The molecule has 1 aliphatic rings. The molecule has 0 spiro atoms. The number of amides is 1. The minimum absolute atomic E-state index is 0.00587. The summed E-state index contributed by atoms with van der Waals surface area (Å²) in [5, 5.41) is 21.9. The normalized spacial score (nSPS) is 19.1. The zero-order valence-electron chi connectivity index (χ0n) is 22.0. The molecule has 0 saturated carbocycles. The van der Waals surface area contributed by atoms with E-state index in [9.17, 15) is 14.7 Å². The lowest BCUT2D eigenvalue weighted by Crippen LogP contribution is -2.31. The number of ether oxygens (including phenoxy) is 2. The van der Waals surface area contributed by atoms with Crippen LogP contribution in [0.2, 0.25) is 0 Å². The molecule has 3 unspecified atom stereocenters. The first-order chi connectivity index (χ1) is 18.9. The summed E-state index contributed by atoms with van der Waals surface area (Å²) in [6.07, 6.45) is 5.97. The molecule has 2 aromatic carbocycles. The number of aromatic nitrogens is 2. The smallest absolute Gasteiger partial charge is 0.303 e. The van der Waals surface area contributed by atoms with Crippen molar-refractivity contribution >= 4 is 29.3 Å². The Balaban J connectivity index is 1.38. The third kappa shape index (κ3) is 8.66. The Morgan fingerprint density at radius 3 is 2.41 bits per heavy atom. The van der Waals surface area contributed by atoms with Gasteiger partial charge in [0.1, 0.15) is 0 Å². The van der Waals surface area contributed by atoms with Crippen LogP contribution in [0.4, 0.5) is 5.69 Å². The molecule has 1 amide bonds. The minimum atomic E-state index is -0.811. The van der Waals surface area contributed by atoms with E-state index in [1.165, 1.54) is 0 Å². The number of imidazole rings is 1. The summed E-state index contributed by atoms with van der Waals surface area (Å²) < 4.78 is 14.7. The average molecular weight is 554 g/mol. The van der Waals surface area contributed by atoms with E-state index >= 15 is 0 Å². The number of nitrogens with one attached hydrogen (secondary N) is 1. The summed E-state index contributed by atoms with van der Waals surface area (Å²) in [6.45, 7) is -0.00587. The zero-order chi connectivity index (χ0) is 27.6. The number of hydrogen-bond donors (Lipinski definition) is 3. The van der Waals surface area contributed by atoms with Crippen LogP contribution in [0, 0.1) is 0 Å². The maximum absolute atomic E-state index is 12.3. The fourth-order valence-corrected chi connectivity index (χ4v) is 5.32. The molecule has 1 aliphatic heterocycles. The van der Waals surface area contributed by atoms with Crippen molar-refractivity contribution in [3.8, 4) is 0 Å². The molecule has 1 aromatic heterocycles. The van der Waals surface area contributed by atoms with Gasteiger partial charge in [0.2, 0.25) is 5.91 Å². The summed E-state index contributed by atoms with van der Waals surface area (Å²) in [6, 6.07) is 15.3. The topological polar surface area (TPSA) is 123 Å². The van der Waals surface area contributed by atoms with Gasteiger partial charge < -0.3 is 29.6 Å². The highest BCUT2D eigenvalue weighted by Crippen LogP contribution is 2.39. The Labute approximate surface area is 232 Å². The molecule has 1 fully saturated rings. The monoisotopic (exact) mass is 553 g/mol. The molecular weight excluding hydrogens is 518 g/mol. The second-order valence-electron chi connectivity index (χ2n) is 9.61. The summed E-state index contributed by atoms with van der Waals surface area (Å²) in [5.74, 6) is -0.188. The van der Waals surface area contributed by atoms with Gasteiger partial charge >= 0.3 is 5.97 Å². The Kier molecular flexibility index (Phi) is 10.5. The maximum atomic E-state index is 12.3. The van der Waals surface area contributed by atoms with Crippen LogP contribution in [0.25, 0.3) is 0 Å². The van der Waals surface area contributed by atoms with Crippen LogP contribution in [0.1, 0.15) is 67.6 Å². The molecule has 1 saturated heterocycles. The lowest BCUT2D eigenvalue weighted by Gasteiger charge is -2.36. The van der Waals surface area contributed by atoms with Crippen LogP contribution < -0.4 is 5.32 Å². The number of benzene rings is 2. The fourth-order valence-electron chi connectivity index (χ4n) is 4.37. The Hall–Kier alpha value is -3.18. The maximum Gasteiger partial charge on any atom is 0.303 e. The summed E-state index contributed by atoms with van der Waals surface area (Å²) in [7, 11) is 1.97. The summed E-state index contributed by atoms with van der Waals surface area (Å²) in [4.78, 5) is 27.3. The lowest BCUT2D eigenvalue weighted by atomic mass is 10.0. The van der Waals surface area contributed by atoms with Crippen molar-refractivity contribution in [3.05, 3.63) is 77.6 Å². The van der Waals surface area contributed by atoms with E-state index in [0.717, 1.165) is 27.6 Å². The number of aliphatic carboxylic acids is 1. The van der Waals surface area contributed by atoms with Gasteiger partial charge in [0, 0.05) is 55.7 Å². The first-order valence-electron chi connectivity index (χ1n) is 13.1. The lowest BCUT2D eigenvalue weighted by molar-refractivity contribution is -0.245. The number of aryl methyl sites for hydroxylation is 1. The van der Waals surface area contributed by atoms with Gasteiger partial charge in [-0.2, -0.15) is 0 Å². The quantitative estimate of drug-likeness (QED) is 0.194. The standard InChI is InChI=1S/C29H35N3O6S/c1-32-16-15-30-29(32)39-19-24-17-25(21-9-7-20(18-33)8-10-21)38-28(37-24)22-11-13-23(14-12-22)31-26(34)5-3-2-4-6-27(35)36/h7-16,24-25,28,33H,2-6,17-19H2,1H3,(H,31,34)(H,35,36). The second-order valence-corrected chi connectivity index (χ2v) is 10.6. The van der Waals surface area contributed by atoms with Crippen molar-refractivity contribution in [1.29, 1.82) is 0 Å². The van der Waals surface area contributed by atoms with E-state index in [4.69, 9.17) is 14.6 Å². The van der Waals surface area contributed by atoms with Gasteiger partial charge in [0.15, 0.2) is 11.4 Å². The van der Waals surface area contributed by atoms with Crippen LogP contribution in [-0.4, -0.2) is 43.5 Å². The molecule has 4 rings (SSSR count). The number of rotatable bonds is 13. The number of thioether (sulfide) groups is 1. The average Bonchev–Trinajstić information content (AvgIpc) is 3.36. The second kappa shape index (κ2) is 14.3. The number of hydrogen-bond acceptors (Lipinski definition) is 7.